The molecule has 0 spiro atoms. The predicted molar refractivity (Wildman–Crippen MR) is 51.3 cm³/mol. The van der Waals surface area contributed by atoms with Gasteiger partial charge in [-0.15, -0.1) is 0 Å². The minimum absolute atomic E-state index is 0.137. The summed E-state index contributed by atoms with van der Waals surface area (Å²) >= 11 is 0. The number of nitro groups is 1. The number of Topliss-reactive ketones (excluding diaryl/α,β-unsaturated/α-hetero) is 1. The van der Waals surface area contributed by atoms with Gasteiger partial charge in [0.05, 0.1) is 11.5 Å². The Hall–Kier alpha value is -1.82. The van der Waals surface area contributed by atoms with Crippen LogP contribution in [0.5, 0.6) is 0 Å². The SMILES string of the molecule is CNCC(=O)c1c(F)cccc1[N+](=O)[O-]. The first-order valence-electron chi connectivity index (χ1n) is 4.18. The third-order valence-corrected chi connectivity index (χ3v) is 1.80. The van der Waals surface area contributed by atoms with Gasteiger partial charge in [0.15, 0.2) is 5.78 Å². The molecule has 1 aromatic carbocycles. The van der Waals surface area contributed by atoms with Crippen molar-refractivity contribution < 1.29 is 14.1 Å². The molecule has 0 radical (unpaired) electrons. The van der Waals surface area contributed by atoms with E-state index in [1.54, 1.807) is 0 Å². The van der Waals surface area contributed by atoms with Crippen LogP contribution in [0.15, 0.2) is 18.2 Å². The Kier molecular flexibility index (Phi) is 3.46. The molecule has 0 aromatic heterocycles. The molecule has 0 unspecified atom stereocenters. The fraction of sp³-hybridized carbons (Fsp3) is 0.222. The third kappa shape index (κ3) is 2.35. The normalized spacial score (nSPS) is 10.0. The highest BCUT2D eigenvalue weighted by Crippen LogP contribution is 2.21. The van der Waals surface area contributed by atoms with E-state index in [0.29, 0.717) is 0 Å². The van der Waals surface area contributed by atoms with Gasteiger partial charge in [0, 0.05) is 6.07 Å². The van der Waals surface area contributed by atoms with Gasteiger partial charge in [-0.25, -0.2) is 4.39 Å². The number of hydrogen-bond donors (Lipinski definition) is 1. The zero-order valence-electron chi connectivity index (χ0n) is 7.99. The van der Waals surface area contributed by atoms with Crippen molar-refractivity contribution >= 4 is 11.5 Å². The molecule has 0 saturated heterocycles. The molecule has 6 heteroatoms. The molecule has 1 aromatic rings. The molecular weight excluding hydrogens is 203 g/mol. The Balaban J connectivity index is 3.24. The summed E-state index contributed by atoms with van der Waals surface area (Å²) in [5.74, 6) is -1.51. The first kappa shape index (κ1) is 11.3. The van der Waals surface area contributed by atoms with E-state index in [4.69, 9.17) is 0 Å². The monoisotopic (exact) mass is 212 g/mol. The standard InChI is InChI=1S/C9H9FN2O3/c1-11-5-8(13)9-6(10)3-2-4-7(9)12(14)15/h2-4,11H,5H2,1H3. The van der Waals surface area contributed by atoms with Crippen molar-refractivity contribution in [2.75, 3.05) is 13.6 Å². The van der Waals surface area contributed by atoms with Crippen LogP contribution < -0.4 is 5.32 Å². The zero-order valence-corrected chi connectivity index (χ0v) is 7.99. The lowest BCUT2D eigenvalue weighted by Gasteiger charge is -2.02. The second-order valence-electron chi connectivity index (χ2n) is 2.84. The van der Waals surface area contributed by atoms with Gasteiger partial charge < -0.3 is 5.32 Å². The van der Waals surface area contributed by atoms with E-state index in [1.165, 1.54) is 13.1 Å². The molecule has 15 heavy (non-hydrogen) atoms. The van der Waals surface area contributed by atoms with Crippen LogP contribution in [-0.2, 0) is 0 Å². The van der Waals surface area contributed by atoms with E-state index in [-0.39, 0.29) is 6.54 Å². The van der Waals surface area contributed by atoms with Gasteiger partial charge >= 0.3 is 0 Å². The number of likely N-dealkylation sites (N-methyl/N-ethyl adjacent to an activating group) is 1. The summed E-state index contributed by atoms with van der Waals surface area (Å²) in [6, 6.07) is 3.32. The second kappa shape index (κ2) is 4.61. The van der Waals surface area contributed by atoms with Crippen LogP contribution in [0, 0.1) is 15.9 Å². The van der Waals surface area contributed by atoms with Crippen molar-refractivity contribution in [2.24, 2.45) is 0 Å². The fourth-order valence-electron chi connectivity index (χ4n) is 1.19. The van der Waals surface area contributed by atoms with Gasteiger partial charge in [0.25, 0.3) is 5.69 Å². The number of carbonyl (C=O) groups is 1. The average molecular weight is 212 g/mol. The predicted octanol–water partition coefficient (Wildman–Crippen LogP) is 1.14. The Labute approximate surface area is 85.1 Å². The molecule has 0 atom stereocenters. The maximum absolute atomic E-state index is 13.2. The quantitative estimate of drug-likeness (QED) is 0.461. The minimum Gasteiger partial charge on any atom is -0.313 e. The molecule has 1 N–H and O–H groups in total. The zero-order chi connectivity index (χ0) is 11.4. The van der Waals surface area contributed by atoms with Crippen molar-refractivity contribution in [2.45, 2.75) is 0 Å². The lowest BCUT2D eigenvalue weighted by Crippen LogP contribution is -2.20. The molecule has 0 aliphatic heterocycles. The maximum Gasteiger partial charge on any atom is 0.283 e. The fourth-order valence-corrected chi connectivity index (χ4v) is 1.19. The van der Waals surface area contributed by atoms with Gasteiger partial charge in [-0.05, 0) is 13.1 Å². The summed E-state index contributed by atoms with van der Waals surface area (Å²) in [6.07, 6.45) is 0. The highest BCUT2D eigenvalue weighted by atomic mass is 19.1. The van der Waals surface area contributed by atoms with E-state index in [9.17, 15) is 19.3 Å². The Morgan fingerprint density at radius 3 is 2.80 bits per heavy atom. The van der Waals surface area contributed by atoms with Gasteiger partial charge in [-0.2, -0.15) is 0 Å². The number of ketones is 1. The molecular formula is C9H9FN2O3. The van der Waals surface area contributed by atoms with Crippen LogP contribution >= 0.6 is 0 Å². The molecule has 0 saturated carbocycles. The van der Waals surface area contributed by atoms with Gasteiger partial charge in [-0.3, -0.25) is 14.9 Å². The average Bonchev–Trinajstić information content (AvgIpc) is 2.17. The number of rotatable bonds is 4. The summed E-state index contributed by atoms with van der Waals surface area (Å²) in [5, 5.41) is 13.1. The maximum atomic E-state index is 13.2. The molecule has 0 heterocycles. The number of benzene rings is 1. The minimum atomic E-state index is -0.871. The van der Waals surface area contributed by atoms with Crippen LogP contribution in [0.3, 0.4) is 0 Å². The summed E-state index contributed by atoms with van der Waals surface area (Å²) in [4.78, 5) is 21.2. The largest absolute Gasteiger partial charge is 0.313 e. The van der Waals surface area contributed by atoms with E-state index >= 15 is 0 Å². The topological polar surface area (TPSA) is 72.2 Å². The first-order chi connectivity index (χ1) is 7.07. The molecule has 1 rings (SSSR count). The number of nitro benzene ring substituents is 1. The highest BCUT2D eigenvalue weighted by molar-refractivity contribution is 6.01. The summed E-state index contributed by atoms with van der Waals surface area (Å²) in [7, 11) is 1.50. The van der Waals surface area contributed by atoms with Crippen molar-refractivity contribution in [3.8, 4) is 0 Å². The Morgan fingerprint density at radius 2 is 2.27 bits per heavy atom. The molecule has 0 aliphatic carbocycles. The molecule has 80 valence electrons. The van der Waals surface area contributed by atoms with Gasteiger partial charge in [0.1, 0.15) is 11.4 Å². The van der Waals surface area contributed by atoms with E-state index < -0.39 is 27.8 Å². The molecule has 0 amide bonds. The van der Waals surface area contributed by atoms with Crippen LogP contribution in [-0.4, -0.2) is 24.3 Å². The lowest BCUT2D eigenvalue weighted by molar-refractivity contribution is -0.385. The summed E-state index contributed by atoms with van der Waals surface area (Å²) < 4.78 is 13.2. The number of carbonyl (C=O) groups excluding carboxylic acids is 1. The molecule has 5 nitrogen and oxygen atoms in total. The number of hydrogen-bond acceptors (Lipinski definition) is 4. The van der Waals surface area contributed by atoms with Gasteiger partial charge in [-0.1, -0.05) is 6.07 Å². The smallest absolute Gasteiger partial charge is 0.283 e. The number of nitrogens with one attached hydrogen (secondary N) is 1. The summed E-state index contributed by atoms with van der Waals surface area (Å²) in [5.41, 5.74) is -0.980. The lowest BCUT2D eigenvalue weighted by atomic mass is 10.1. The van der Waals surface area contributed by atoms with Crippen molar-refractivity contribution in [3.63, 3.8) is 0 Å². The second-order valence-corrected chi connectivity index (χ2v) is 2.84. The van der Waals surface area contributed by atoms with Crippen LogP contribution in [0.1, 0.15) is 10.4 Å². The van der Waals surface area contributed by atoms with E-state index in [0.717, 1.165) is 12.1 Å². The molecule has 0 aliphatic rings. The molecule has 0 fully saturated rings. The van der Waals surface area contributed by atoms with E-state index in [2.05, 4.69) is 5.32 Å². The Morgan fingerprint density at radius 1 is 1.60 bits per heavy atom. The third-order valence-electron chi connectivity index (χ3n) is 1.80. The van der Waals surface area contributed by atoms with Crippen LogP contribution in [0.2, 0.25) is 0 Å². The van der Waals surface area contributed by atoms with Crippen LogP contribution in [0.4, 0.5) is 10.1 Å². The highest BCUT2D eigenvalue weighted by Gasteiger charge is 2.23. The van der Waals surface area contributed by atoms with Crippen molar-refractivity contribution in [3.05, 3.63) is 39.7 Å². The van der Waals surface area contributed by atoms with Crippen molar-refractivity contribution in [1.82, 2.24) is 5.32 Å². The number of halogens is 1. The van der Waals surface area contributed by atoms with E-state index in [1.807, 2.05) is 0 Å². The van der Waals surface area contributed by atoms with Crippen LogP contribution in [0.25, 0.3) is 0 Å². The number of nitrogens with zero attached hydrogens (tertiary/aromatic N) is 1. The van der Waals surface area contributed by atoms with Crippen molar-refractivity contribution in [1.29, 1.82) is 0 Å². The summed E-state index contributed by atoms with van der Waals surface area (Å²) in [6.45, 7) is -0.137. The Bertz CT molecular complexity index is 406. The molecule has 0 bridgehead atoms. The first-order valence-corrected chi connectivity index (χ1v) is 4.18. The van der Waals surface area contributed by atoms with Gasteiger partial charge in [0.2, 0.25) is 0 Å².